The molecule has 2 atom stereocenters. The molecule has 25 heavy (non-hydrogen) atoms. The highest BCUT2D eigenvalue weighted by atomic mass is 17.1. The summed E-state index contributed by atoms with van der Waals surface area (Å²) in [5.41, 5.74) is -0.322. The first kappa shape index (κ1) is 19.2. The fourth-order valence-corrected chi connectivity index (χ4v) is 6.94. The Morgan fingerprint density at radius 2 is 1.60 bits per heavy atom. The van der Waals surface area contributed by atoms with Gasteiger partial charge in [0.25, 0.3) is 0 Å². The maximum Gasteiger partial charge on any atom is 0.302 e. The van der Waals surface area contributed by atoms with Gasteiger partial charge in [0.05, 0.1) is 6.61 Å². The van der Waals surface area contributed by atoms with Crippen molar-refractivity contribution in [3.8, 4) is 0 Å². The van der Waals surface area contributed by atoms with Gasteiger partial charge in [-0.1, -0.05) is 27.7 Å². The second-order valence-corrected chi connectivity index (χ2v) is 10.2. The monoisotopic (exact) mass is 352 g/mol. The van der Waals surface area contributed by atoms with Crippen LogP contribution in [-0.4, -0.2) is 23.9 Å². The molecule has 4 saturated carbocycles. The largest absolute Gasteiger partial charge is 0.465 e. The van der Waals surface area contributed by atoms with E-state index in [-0.39, 0.29) is 22.9 Å². The molecule has 0 aromatic heterocycles. The molecule has 0 aromatic carbocycles. The average Bonchev–Trinajstić information content (AvgIpc) is 2.52. The molecule has 0 saturated heterocycles. The molecule has 4 bridgehead atoms. The van der Waals surface area contributed by atoms with Gasteiger partial charge in [0.2, 0.25) is 0 Å². The van der Waals surface area contributed by atoms with E-state index < -0.39 is 5.41 Å². The number of esters is 1. The minimum absolute atomic E-state index is 0.164. The van der Waals surface area contributed by atoms with Gasteiger partial charge in [0.1, 0.15) is 6.10 Å². The summed E-state index contributed by atoms with van der Waals surface area (Å²) in [6, 6.07) is 0. The summed E-state index contributed by atoms with van der Waals surface area (Å²) in [7, 11) is 0. The molecule has 2 unspecified atom stereocenters. The lowest BCUT2D eigenvalue weighted by Crippen LogP contribution is -2.60. The molecule has 0 heterocycles. The highest BCUT2D eigenvalue weighted by Gasteiger charge is 2.62. The molecule has 0 aliphatic heterocycles. The molecular formula is C21H36O4. The second-order valence-electron chi connectivity index (χ2n) is 10.2. The Morgan fingerprint density at radius 3 is 1.96 bits per heavy atom. The predicted molar refractivity (Wildman–Crippen MR) is 96.9 cm³/mol. The van der Waals surface area contributed by atoms with Gasteiger partial charge in [-0.25, -0.2) is 4.89 Å². The zero-order valence-corrected chi connectivity index (χ0v) is 16.6. The van der Waals surface area contributed by atoms with E-state index in [9.17, 15) is 10.1 Å². The fourth-order valence-electron chi connectivity index (χ4n) is 6.94. The molecule has 0 spiro atoms. The van der Waals surface area contributed by atoms with E-state index in [0.29, 0.717) is 6.61 Å². The van der Waals surface area contributed by atoms with Gasteiger partial charge in [-0.15, -0.1) is 0 Å². The van der Waals surface area contributed by atoms with Gasteiger partial charge in [0.15, 0.2) is 0 Å². The van der Waals surface area contributed by atoms with Gasteiger partial charge in [0, 0.05) is 17.8 Å². The van der Waals surface area contributed by atoms with Crippen molar-refractivity contribution in [1.29, 1.82) is 0 Å². The molecule has 0 aromatic rings. The summed E-state index contributed by atoms with van der Waals surface area (Å²) in [5.74, 6) is 2.28. The molecule has 4 heteroatoms. The van der Waals surface area contributed by atoms with Crippen LogP contribution < -0.4 is 0 Å². The zero-order chi connectivity index (χ0) is 18.5. The maximum absolute atomic E-state index is 11.4. The minimum Gasteiger partial charge on any atom is -0.465 e. The number of carbonyl (C=O) groups excluding carboxylic acids is 1. The molecule has 0 amide bonds. The van der Waals surface area contributed by atoms with Gasteiger partial charge in [-0.2, -0.15) is 0 Å². The van der Waals surface area contributed by atoms with E-state index in [1.54, 1.807) is 0 Å². The van der Waals surface area contributed by atoms with Crippen molar-refractivity contribution in [3.63, 3.8) is 0 Å². The van der Waals surface area contributed by atoms with Crippen LogP contribution in [0.15, 0.2) is 0 Å². The molecule has 4 aliphatic rings. The average molecular weight is 353 g/mol. The summed E-state index contributed by atoms with van der Waals surface area (Å²) in [6.07, 6.45) is 8.44. The van der Waals surface area contributed by atoms with E-state index >= 15 is 0 Å². The highest BCUT2D eigenvalue weighted by molar-refractivity contribution is 5.65. The smallest absolute Gasteiger partial charge is 0.302 e. The van der Waals surface area contributed by atoms with Crippen LogP contribution in [0.4, 0.5) is 0 Å². The van der Waals surface area contributed by atoms with Crippen LogP contribution in [-0.2, 0) is 14.4 Å². The van der Waals surface area contributed by atoms with Crippen LogP contribution in [0.3, 0.4) is 0 Å². The first-order valence-electron chi connectivity index (χ1n) is 10.1. The summed E-state index contributed by atoms with van der Waals surface area (Å²) < 4.78 is 5.36. The number of hydrogen-bond acceptors (Lipinski definition) is 4. The molecule has 144 valence electrons. The van der Waals surface area contributed by atoms with E-state index in [4.69, 9.17) is 9.62 Å². The summed E-state index contributed by atoms with van der Waals surface area (Å²) in [4.78, 5) is 16.6. The first-order valence-corrected chi connectivity index (χ1v) is 10.1. The topological polar surface area (TPSA) is 55.8 Å². The van der Waals surface area contributed by atoms with E-state index in [1.807, 2.05) is 0 Å². The molecule has 4 aliphatic carbocycles. The Balaban J connectivity index is 1.89. The Labute approximate surface area is 152 Å². The Morgan fingerprint density at radius 1 is 1.12 bits per heavy atom. The van der Waals surface area contributed by atoms with Crippen molar-refractivity contribution in [3.05, 3.63) is 0 Å². The van der Waals surface area contributed by atoms with Crippen LogP contribution in [0.1, 0.15) is 79.6 Å². The normalized spacial score (nSPS) is 37.6. The van der Waals surface area contributed by atoms with E-state index in [1.165, 1.54) is 45.4 Å². The van der Waals surface area contributed by atoms with Crippen LogP contribution in [0.25, 0.3) is 0 Å². The van der Waals surface area contributed by atoms with Crippen molar-refractivity contribution < 1.29 is 19.7 Å². The summed E-state index contributed by atoms with van der Waals surface area (Å²) in [6.45, 7) is 10.5. The van der Waals surface area contributed by atoms with Gasteiger partial charge >= 0.3 is 5.97 Å². The molecular weight excluding hydrogens is 316 g/mol. The molecule has 4 nitrogen and oxygen atoms in total. The van der Waals surface area contributed by atoms with Crippen LogP contribution in [0.2, 0.25) is 0 Å². The minimum atomic E-state index is -0.396. The maximum atomic E-state index is 11.4. The first-order chi connectivity index (χ1) is 11.7. The van der Waals surface area contributed by atoms with Crippen molar-refractivity contribution in [2.45, 2.75) is 85.7 Å². The third-order valence-electron chi connectivity index (χ3n) is 8.21. The van der Waals surface area contributed by atoms with Crippen LogP contribution >= 0.6 is 0 Å². The molecule has 1 N–H and O–H groups in total. The highest BCUT2D eigenvalue weighted by Crippen LogP contribution is 2.68. The number of hydrogen-bond donors (Lipinski definition) is 1. The summed E-state index contributed by atoms with van der Waals surface area (Å²) >= 11 is 0. The van der Waals surface area contributed by atoms with Crippen molar-refractivity contribution in [2.75, 3.05) is 6.61 Å². The molecule has 4 fully saturated rings. The van der Waals surface area contributed by atoms with Gasteiger partial charge in [-0.3, -0.25) is 10.1 Å². The Bertz CT molecular complexity index is 477. The SMILES string of the molecule is CCC(C)(COC(C)=O)C(OO)C(C)(C)C12CC3CC(CC(C3)C1)C2. The van der Waals surface area contributed by atoms with Crippen molar-refractivity contribution >= 4 is 5.97 Å². The van der Waals surface area contributed by atoms with E-state index in [0.717, 1.165) is 24.2 Å². The standard InChI is InChI=1S/C21H36O4/c1-6-20(5,13-24-14(2)22)18(25-23)19(3,4)21-10-15-7-16(11-21)9-17(8-15)12-21/h15-18,23H,6-13H2,1-5H3. The lowest BCUT2D eigenvalue weighted by molar-refractivity contribution is -0.349. The van der Waals surface area contributed by atoms with Gasteiger partial charge in [-0.05, 0) is 68.1 Å². The molecule has 4 rings (SSSR count). The van der Waals surface area contributed by atoms with Crippen LogP contribution in [0, 0.1) is 34.0 Å². The lowest BCUT2D eigenvalue weighted by Gasteiger charge is -2.64. The van der Waals surface area contributed by atoms with Gasteiger partial charge < -0.3 is 4.74 Å². The van der Waals surface area contributed by atoms with Crippen molar-refractivity contribution in [2.24, 2.45) is 34.0 Å². The third-order valence-corrected chi connectivity index (χ3v) is 8.21. The number of ether oxygens (including phenoxy) is 1. The van der Waals surface area contributed by atoms with Crippen molar-refractivity contribution in [1.82, 2.24) is 0 Å². The van der Waals surface area contributed by atoms with Crippen LogP contribution in [0.5, 0.6) is 0 Å². The Kier molecular flexibility index (Phi) is 5.00. The third kappa shape index (κ3) is 3.14. The Hall–Kier alpha value is -0.610. The number of carbonyl (C=O) groups is 1. The molecule has 0 radical (unpaired) electrons. The lowest BCUT2D eigenvalue weighted by atomic mass is 9.41. The zero-order valence-electron chi connectivity index (χ0n) is 16.6. The predicted octanol–water partition coefficient (Wildman–Crippen LogP) is 5.07. The number of rotatable bonds is 7. The summed E-state index contributed by atoms with van der Waals surface area (Å²) in [5, 5.41) is 9.95. The fraction of sp³-hybridized carbons (Fsp3) is 0.952. The second kappa shape index (κ2) is 6.53. The quantitative estimate of drug-likeness (QED) is 0.395. The van der Waals surface area contributed by atoms with E-state index in [2.05, 4.69) is 27.7 Å².